The fourth-order valence-electron chi connectivity index (χ4n) is 5.29. The van der Waals surface area contributed by atoms with Crippen molar-refractivity contribution in [3.8, 4) is 5.75 Å². The molecule has 7 nitrogen and oxygen atoms in total. The molecule has 5 rings (SSSR count). The van der Waals surface area contributed by atoms with E-state index >= 15 is 0 Å². The van der Waals surface area contributed by atoms with Gasteiger partial charge in [0, 0.05) is 25.2 Å². The van der Waals surface area contributed by atoms with Crippen molar-refractivity contribution in [1.29, 1.82) is 0 Å². The van der Waals surface area contributed by atoms with E-state index < -0.39 is 16.1 Å². The highest BCUT2D eigenvalue weighted by atomic mass is 32.2. The van der Waals surface area contributed by atoms with Crippen molar-refractivity contribution in [1.82, 2.24) is 5.32 Å². The van der Waals surface area contributed by atoms with E-state index in [1.165, 1.54) is 4.31 Å². The van der Waals surface area contributed by atoms with Gasteiger partial charge in [-0.1, -0.05) is 75.4 Å². The minimum Gasteiger partial charge on any atom is -0.476 e. The number of amides is 1. The summed E-state index contributed by atoms with van der Waals surface area (Å²) in [6, 6.07) is 24.0. The van der Waals surface area contributed by atoms with Gasteiger partial charge in [-0.25, -0.2) is 8.42 Å². The summed E-state index contributed by atoms with van der Waals surface area (Å²) in [7, 11) is -3.94. The number of ether oxygens (including phenoxy) is 2. The quantitative estimate of drug-likeness (QED) is 0.478. The fraction of sp³-hybridized carbons (Fsp3) is 0.387. The summed E-state index contributed by atoms with van der Waals surface area (Å²) in [6.45, 7) is 7.76. The lowest BCUT2D eigenvalue weighted by Crippen LogP contribution is -2.53. The lowest BCUT2D eigenvalue weighted by Gasteiger charge is -2.39. The average molecular weight is 549 g/mol. The molecule has 2 aliphatic heterocycles. The van der Waals surface area contributed by atoms with Gasteiger partial charge in [-0.15, -0.1) is 0 Å². The highest BCUT2D eigenvalue weighted by Crippen LogP contribution is 2.40. The molecular formula is C31H36N2O5S. The number of anilines is 1. The highest BCUT2D eigenvalue weighted by molar-refractivity contribution is 7.92. The molecule has 0 spiro atoms. The molecule has 206 valence electrons. The van der Waals surface area contributed by atoms with E-state index in [0.717, 1.165) is 24.0 Å². The number of sulfonamides is 1. The van der Waals surface area contributed by atoms with Crippen LogP contribution in [-0.2, 0) is 30.4 Å². The molecule has 0 unspecified atom stereocenters. The van der Waals surface area contributed by atoms with Gasteiger partial charge in [0.25, 0.3) is 15.9 Å². The molecule has 39 heavy (non-hydrogen) atoms. The standard InChI is InChI=1S/C31H36N2O5S/c1-30(2,3)24-14-15-27-26(20-24)33(39(35,36)25-12-8-5-9-13-25)21-28(38-27)29(34)32-22-31(16-18-37-19-17-31)23-10-6-4-7-11-23/h4-15,20,28H,16-19,21-22H2,1-3H3,(H,32,34)/t28-/m1/s1. The van der Waals surface area contributed by atoms with Crippen LogP contribution in [0.5, 0.6) is 5.75 Å². The molecule has 0 aliphatic carbocycles. The number of fused-ring (bicyclic) bond motifs is 1. The summed E-state index contributed by atoms with van der Waals surface area (Å²) < 4.78 is 40.8. The number of hydrogen-bond donors (Lipinski definition) is 1. The van der Waals surface area contributed by atoms with E-state index in [4.69, 9.17) is 9.47 Å². The predicted molar refractivity (Wildman–Crippen MR) is 152 cm³/mol. The van der Waals surface area contributed by atoms with Gasteiger partial charge >= 0.3 is 0 Å². The molecule has 1 N–H and O–H groups in total. The van der Waals surface area contributed by atoms with Gasteiger partial charge in [0.1, 0.15) is 5.75 Å². The Morgan fingerprint density at radius 3 is 2.26 bits per heavy atom. The first-order valence-electron chi connectivity index (χ1n) is 13.4. The second-order valence-electron chi connectivity index (χ2n) is 11.4. The van der Waals surface area contributed by atoms with Crippen LogP contribution in [0.2, 0.25) is 0 Å². The molecule has 3 aromatic rings. The Morgan fingerprint density at radius 2 is 1.62 bits per heavy atom. The zero-order valence-electron chi connectivity index (χ0n) is 22.7. The summed E-state index contributed by atoms with van der Waals surface area (Å²) in [5.74, 6) is 0.0355. The van der Waals surface area contributed by atoms with E-state index in [-0.39, 0.29) is 28.2 Å². The maximum absolute atomic E-state index is 13.8. The van der Waals surface area contributed by atoms with Crippen LogP contribution in [-0.4, -0.2) is 46.7 Å². The second kappa shape index (κ2) is 10.7. The van der Waals surface area contributed by atoms with Crippen LogP contribution >= 0.6 is 0 Å². The number of nitrogens with zero attached hydrogens (tertiary/aromatic N) is 1. The number of nitrogens with one attached hydrogen (secondary N) is 1. The summed E-state index contributed by atoms with van der Waals surface area (Å²) in [5.41, 5.74) is 2.14. The minimum atomic E-state index is -3.94. The molecule has 3 aromatic carbocycles. The van der Waals surface area contributed by atoms with Crippen molar-refractivity contribution in [3.63, 3.8) is 0 Å². The van der Waals surface area contributed by atoms with Gasteiger partial charge in [0.05, 0.1) is 17.1 Å². The monoisotopic (exact) mass is 548 g/mol. The first kappa shape index (κ1) is 27.2. The minimum absolute atomic E-state index is 0.120. The maximum atomic E-state index is 13.8. The molecular weight excluding hydrogens is 512 g/mol. The SMILES string of the molecule is CC(C)(C)c1ccc2c(c1)N(S(=O)(=O)c1ccccc1)C[C@H](C(=O)NCC1(c3ccccc3)CCOCC1)O2. The number of carbonyl (C=O) groups excluding carboxylic acids is 1. The van der Waals surface area contributed by atoms with Crippen LogP contribution in [0.1, 0.15) is 44.7 Å². The summed E-state index contributed by atoms with van der Waals surface area (Å²) in [6.07, 6.45) is 0.579. The Hall–Kier alpha value is -3.36. The lowest BCUT2D eigenvalue weighted by molar-refractivity contribution is -0.128. The van der Waals surface area contributed by atoms with Crippen molar-refractivity contribution in [2.24, 2.45) is 0 Å². The topological polar surface area (TPSA) is 84.9 Å². The van der Waals surface area contributed by atoms with Gasteiger partial charge < -0.3 is 14.8 Å². The Kier molecular flexibility index (Phi) is 7.44. The van der Waals surface area contributed by atoms with Crippen molar-refractivity contribution in [2.75, 3.05) is 30.6 Å². The fourth-order valence-corrected chi connectivity index (χ4v) is 6.78. The first-order valence-corrected chi connectivity index (χ1v) is 14.8. The Labute approximate surface area is 231 Å². The van der Waals surface area contributed by atoms with Gasteiger partial charge in [-0.2, -0.15) is 0 Å². The predicted octanol–water partition coefficient (Wildman–Crippen LogP) is 4.81. The van der Waals surface area contributed by atoms with Gasteiger partial charge in [-0.3, -0.25) is 9.10 Å². The number of hydrogen-bond acceptors (Lipinski definition) is 5. The second-order valence-corrected chi connectivity index (χ2v) is 13.2. The molecule has 1 atom stereocenters. The number of rotatable bonds is 6. The smallest absolute Gasteiger partial charge is 0.264 e. The van der Waals surface area contributed by atoms with Gasteiger partial charge in [0.2, 0.25) is 0 Å². The van der Waals surface area contributed by atoms with Crippen molar-refractivity contribution in [2.45, 2.75) is 55.4 Å². The molecule has 8 heteroatoms. The van der Waals surface area contributed by atoms with Crippen LogP contribution < -0.4 is 14.4 Å². The average Bonchev–Trinajstić information content (AvgIpc) is 2.96. The number of benzene rings is 3. The Balaban J connectivity index is 1.44. The van der Waals surface area contributed by atoms with Crippen LogP contribution in [0.25, 0.3) is 0 Å². The van der Waals surface area contributed by atoms with Crippen molar-refractivity contribution in [3.05, 3.63) is 90.0 Å². The zero-order chi connectivity index (χ0) is 27.7. The van der Waals surface area contributed by atoms with Crippen molar-refractivity contribution >= 4 is 21.6 Å². The zero-order valence-corrected chi connectivity index (χ0v) is 23.5. The molecule has 1 saturated heterocycles. The summed E-state index contributed by atoms with van der Waals surface area (Å²) in [5, 5.41) is 3.10. The van der Waals surface area contributed by atoms with E-state index in [0.29, 0.717) is 31.2 Å². The van der Waals surface area contributed by atoms with Gasteiger partial charge in [-0.05, 0) is 53.6 Å². The van der Waals surface area contributed by atoms with Gasteiger partial charge in [0.15, 0.2) is 6.10 Å². The largest absolute Gasteiger partial charge is 0.476 e. The molecule has 0 saturated carbocycles. The van der Waals surface area contributed by atoms with E-state index in [9.17, 15) is 13.2 Å². The van der Waals surface area contributed by atoms with E-state index in [1.54, 1.807) is 36.4 Å². The lowest BCUT2D eigenvalue weighted by atomic mass is 9.74. The maximum Gasteiger partial charge on any atom is 0.264 e. The van der Waals surface area contributed by atoms with Crippen LogP contribution in [0.3, 0.4) is 0 Å². The molecule has 0 aromatic heterocycles. The van der Waals surface area contributed by atoms with Crippen LogP contribution in [0.4, 0.5) is 5.69 Å². The first-order chi connectivity index (χ1) is 18.6. The molecule has 2 heterocycles. The molecule has 1 amide bonds. The normalized spacial score (nSPS) is 19.1. The third kappa shape index (κ3) is 5.54. The highest BCUT2D eigenvalue weighted by Gasteiger charge is 2.40. The molecule has 0 radical (unpaired) electrons. The Bertz CT molecular complexity index is 1410. The molecule has 2 aliphatic rings. The third-order valence-electron chi connectivity index (χ3n) is 7.76. The molecule has 1 fully saturated rings. The third-order valence-corrected chi connectivity index (χ3v) is 9.55. The van der Waals surface area contributed by atoms with Crippen molar-refractivity contribution < 1.29 is 22.7 Å². The van der Waals surface area contributed by atoms with E-state index in [2.05, 4.69) is 38.2 Å². The molecule has 0 bridgehead atoms. The number of carbonyl (C=O) groups is 1. The summed E-state index contributed by atoms with van der Waals surface area (Å²) in [4.78, 5) is 13.7. The van der Waals surface area contributed by atoms with Crippen LogP contribution in [0.15, 0.2) is 83.8 Å². The summed E-state index contributed by atoms with van der Waals surface area (Å²) >= 11 is 0. The Morgan fingerprint density at radius 1 is 0.974 bits per heavy atom. The van der Waals surface area contributed by atoms with E-state index in [1.807, 2.05) is 30.3 Å². The van der Waals surface area contributed by atoms with Crippen LogP contribution in [0, 0.1) is 0 Å².